The van der Waals surface area contributed by atoms with E-state index < -0.39 is 6.17 Å². The molecule has 1 aromatic heterocycles. The van der Waals surface area contributed by atoms with Gasteiger partial charge in [0.2, 0.25) is 0 Å². The highest BCUT2D eigenvalue weighted by Crippen LogP contribution is 2.25. The van der Waals surface area contributed by atoms with E-state index in [0.717, 1.165) is 18.7 Å². The molecule has 1 aliphatic rings. The average molecular weight is 265 g/mol. The predicted octanol–water partition coefficient (Wildman–Crippen LogP) is 2.83. The minimum Gasteiger partial charge on any atom is -0.378 e. The summed E-state index contributed by atoms with van der Waals surface area (Å²) in [5.41, 5.74) is 2.15. The van der Waals surface area contributed by atoms with Gasteiger partial charge in [0.25, 0.3) is 0 Å². The molecule has 1 aliphatic heterocycles. The number of pyridine rings is 1. The van der Waals surface area contributed by atoms with Gasteiger partial charge >= 0.3 is 0 Å². The third-order valence-electron chi connectivity index (χ3n) is 3.70. The van der Waals surface area contributed by atoms with Crippen LogP contribution in [0.15, 0.2) is 18.5 Å². The van der Waals surface area contributed by atoms with Crippen LogP contribution in [-0.4, -0.2) is 42.2 Å². The highest BCUT2D eigenvalue weighted by Gasteiger charge is 2.27. The van der Waals surface area contributed by atoms with Crippen LogP contribution in [0.2, 0.25) is 0 Å². The third kappa shape index (κ3) is 3.66. The van der Waals surface area contributed by atoms with E-state index in [9.17, 15) is 4.39 Å². The van der Waals surface area contributed by atoms with E-state index in [1.165, 1.54) is 5.56 Å². The van der Waals surface area contributed by atoms with Crippen molar-refractivity contribution in [1.82, 2.24) is 9.88 Å². The quantitative estimate of drug-likeness (QED) is 0.891. The normalized spacial score (nSPS) is 25.3. The van der Waals surface area contributed by atoms with Crippen molar-refractivity contribution in [2.45, 2.75) is 44.8 Å². The van der Waals surface area contributed by atoms with E-state index >= 15 is 0 Å². The van der Waals surface area contributed by atoms with E-state index in [1.807, 2.05) is 18.1 Å². The van der Waals surface area contributed by atoms with Crippen LogP contribution in [-0.2, 0) is 5.41 Å². The lowest BCUT2D eigenvalue weighted by Gasteiger charge is -2.33. The van der Waals surface area contributed by atoms with Crippen LogP contribution in [0.5, 0.6) is 0 Å². The fraction of sp³-hybridized carbons (Fsp3) is 0.667. The Kier molecular flexibility index (Phi) is 4.09. The lowest BCUT2D eigenvalue weighted by molar-refractivity contribution is 0.149. The Bertz CT molecular complexity index is 428. The summed E-state index contributed by atoms with van der Waals surface area (Å²) < 4.78 is 14.0. The molecule has 4 heteroatoms. The summed E-state index contributed by atoms with van der Waals surface area (Å²) in [6, 6.07) is 1.98. The highest BCUT2D eigenvalue weighted by molar-refractivity contribution is 5.45. The molecular weight excluding hydrogens is 241 g/mol. The first-order valence-corrected chi connectivity index (χ1v) is 6.91. The molecular formula is C15H24FN3. The van der Waals surface area contributed by atoms with Crippen LogP contribution < -0.4 is 5.32 Å². The van der Waals surface area contributed by atoms with Crippen molar-refractivity contribution in [3.63, 3.8) is 0 Å². The van der Waals surface area contributed by atoms with Crippen molar-refractivity contribution in [2.75, 3.05) is 25.5 Å². The van der Waals surface area contributed by atoms with Crippen molar-refractivity contribution >= 4 is 5.69 Å². The molecule has 1 fully saturated rings. The summed E-state index contributed by atoms with van der Waals surface area (Å²) >= 11 is 0. The van der Waals surface area contributed by atoms with Crippen LogP contribution in [0.25, 0.3) is 0 Å². The van der Waals surface area contributed by atoms with Crippen LogP contribution >= 0.6 is 0 Å². The van der Waals surface area contributed by atoms with E-state index in [1.54, 1.807) is 6.20 Å². The molecule has 0 spiro atoms. The lowest BCUT2D eigenvalue weighted by atomic mass is 9.88. The predicted molar refractivity (Wildman–Crippen MR) is 77.4 cm³/mol. The molecule has 1 saturated heterocycles. The summed E-state index contributed by atoms with van der Waals surface area (Å²) in [6.45, 7) is 7.90. The molecule has 1 unspecified atom stereocenters. The fourth-order valence-corrected chi connectivity index (χ4v) is 2.36. The van der Waals surface area contributed by atoms with E-state index in [0.29, 0.717) is 6.54 Å². The summed E-state index contributed by atoms with van der Waals surface area (Å²) in [5.74, 6) is 0. The number of alkyl halides is 1. The third-order valence-corrected chi connectivity index (χ3v) is 3.70. The molecule has 0 amide bonds. The number of hydrogen-bond acceptors (Lipinski definition) is 3. The van der Waals surface area contributed by atoms with E-state index in [-0.39, 0.29) is 11.5 Å². The Morgan fingerprint density at radius 3 is 2.74 bits per heavy atom. The zero-order chi connectivity index (χ0) is 14.0. The number of likely N-dealkylation sites (tertiary alicyclic amines) is 1. The molecule has 0 saturated carbocycles. The summed E-state index contributed by atoms with van der Waals surface area (Å²) in [7, 11) is 1.96. The zero-order valence-corrected chi connectivity index (χ0v) is 12.3. The Morgan fingerprint density at radius 2 is 2.11 bits per heavy atom. The average Bonchev–Trinajstić information content (AvgIpc) is 2.32. The Labute approximate surface area is 115 Å². The lowest BCUT2D eigenvalue weighted by Crippen LogP contribution is -2.46. The maximum atomic E-state index is 14.0. The van der Waals surface area contributed by atoms with Crippen LogP contribution in [0.3, 0.4) is 0 Å². The van der Waals surface area contributed by atoms with E-state index in [2.05, 4.69) is 37.1 Å². The number of rotatable bonds is 2. The van der Waals surface area contributed by atoms with Gasteiger partial charge in [-0.25, -0.2) is 4.39 Å². The van der Waals surface area contributed by atoms with Gasteiger partial charge in [0.1, 0.15) is 6.17 Å². The first-order chi connectivity index (χ1) is 8.86. The van der Waals surface area contributed by atoms with Crippen molar-refractivity contribution in [3.05, 3.63) is 24.0 Å². The highest BCUT2D eigenvalue weighted by atomic mass is 19.1. The molecule has 2 atom stereocenters. The summed E-state index contributed by atoms with van der Waals surface area (Å²) in [4.78, 5) is 6.30. The molecule has 0 radical (unpaired) electrons. The Morgan fingerprint density at radius 1 is 1.37 bits per heavy atom. The van der Waals surface area contributed by atoms with Crippen molar-refractivity contribution in [1.29, 1.82) is 0 Å². The number of hydrogen-bond donors (Lipinski definition) is 1. The van der Waals surface area contributed by atoms with Gasteiger partial charge in [0, 0.05) is 25.5 Å². The van der Waals surface area contributed by atoms with Gasteiger partial charge in [-0.3, -0.25) is 4.98 Å². The van der Waals surface area contributed by atoms with Gasteiger partial charge < -0.3 is 10.2 Å². The number of nitrogens with zero attached hydrogens (tertiary/aromatic N) is 2. The van der Waals surface area contributed by atoms with Gasteiger partial charge in [-0.15, -0.1) is 0 Å². The molecule has 2 heterocycles. The minimum absolute atomic E-state index is 0.0621. The maximum Gasteiger partial charge on any atom is 0.133 e. The van der Waals surface area contributed by atoms with Gasteiger partial charge in [-0.05, 0) is 30.5 Å². The van der Waals surface area contributed by atoms with Gasteiger partial charge in [0.15, 0.2) is 0 Å². The number of aromatic nitrogens is 1. The van der Waals surface area contributed by atoms with Crippen molar-refractivity contribution < 1.29 is 4.39 Å². The standard InChI is InChI=1S/C15H24FN3/c1-15(2,3)11-7-12(9-17-8-11)18-14-5-6-19(4)10-13(14)16/h7-9,13-14,18H,5-6,10H2,1-4H3/t13-,14?/m1/s1. The van der Waals surface area contributed by atoms with Gasteiger partial charge in [-0.2, -0.15) is 0 Å². The molecule has 1 aromatic rings. The first kappa shape index (κ1) is 14.3. The summed E-state index contributed by atoms with van der Waals surface area (Å²) in [5, 5.41) is 3.30. The topological polar surface area (TPSA) is 28.2 Å². The number of halogens is 1. The first-order valence-electron chi connectivity index (χ1n) is 6.91. The molecule has 0 aromatic carbocycles. The monoisotopic (exact) mass is 265 g/mol. The van der Waals surface area contributed by atoms with Gasteiger partial charge in [-0.1, -0.05) is 20.8 Å². The maximum absolute atomic E-state index is 14.0. The van der Waals surface area contributed by atoms with Crippen molar-refractivity contribution in [3.8, 4) is 0 Å². The second-order valence-corrected chi connectivity index (χ2v) is 6.53. The number of anilines is 1. The molecule has 0 aliphatic carbocycles. The largest absolute Gasteiger partial charge is 0.378 e. The zero-order valence-electron chi connectivity index (χ0n) is 12.3. The fourth-order valence-electron chi connectivity index (χ4n) is 2.36. The molecule has 3 nitrogen and oxygen atoms in total. The van der Waals surface area contributed by atoms with E-state index in [4.69, 9.17) is 0 Å². The second kappa shape index (κ2) is 5.45. The molecule has 19 heavy (non-hydrogen) atoms. The van der Waals surface area contributed by atoms with Gasteiger partial charge in [0.05, 0.1) is 11.7 Å². The summed E-state index contributed by atoms with van der Waals surface area (Å²) in [6.07, 6.45) is 3.67. The Balaban J connectivity index is 2.07. The number of nitrogens with one attached hydrogen (secondary N) is 1. The van der Waals surface area contributed by atoms with Crippen LogP contribution in [0.4, 0.5) is 10.1 Å². The van der Waals surface area contributed by atoms with Crippen LogP contribution in [0, 0.1) is 0 Å². The second-order valence-electron chi connectivity index (χ2n) is 6.53. The molecule has 106 valence electrons. The molecule has 2 rings (SSSR count). The van der Waals surface area contributed by atoms with Crippen molar-refractivity contribution in [2.24, 2.45) is 0 Å². The molecule has 1 N–H and O–H groups in total. The SMILES string of the molecule is CN1CCC(Nc2cncc(C(C)(C)C)c2)[C@H](F)C1. The Hall–Kier alpha value is -1.16. The number of piperidine rings is 1. The minimum atomic E-state index is -0.822. The smallest absolute Gasteiger partial charge is 0.133 e. The molecule has 0 bridgehead atoms. The van der Waals surface area contributed by atoms with Crippen LogP contribution in [0.1, 0.15) is 32.8 Å².